The van der Waals surface area contributed by atoms with Crippen LogP contribution in [0.2, 0.25) is 5.02 Å². The van der Waals surface area contributed by atoms with Crippen molar-refractivity contribution in [2.24, 2.45) is 0 Å². The number of likely N-dealkylation sites (tertiary alicyclic amines) is 1. The third-order valence-corrected chi connectivity index (χ3v) is 6.46. The van der Waals surface area contributed by atoms with Crippen LogP contribution in [0.15, 0.2) is 18.2 Å². The van der Waals surface area contributed by atoms with Crippen molar-refractivity contribution in [1.29, 1.82) is 0 Å². The lowest BCUT2D eigenvalue weighted by molar-refractivity contribution is -0.0607. The summed E-state index contributed by atoms with van der Waals surface area (Å²) in [5.74, 6) is -4.15. The van der Waals surface area contributed by atoms with E-state index in [2.05, 4.69) is 4.72 Å². The molecule has 1 saturated heterocycles. The predicted molar refractivity (Wildman–Crippen MR) is 122 cm³/mol. The van der Waals surface area contributed by atoms with Gasteiger partial charge in [0.25, 0.3) is 5.92 Å². The van der Waals surface area contributed by atoms with Crippen molar-refractivity contribution in [2.45, 2.75) is 82.2 Å². The molecular formula is C22H32ClF3N2O3S. The lowest BCUT2D eigenvalue weighted by Gasteiger charge is -2.41. The fraction of sp³-hybridized carbons (Fsp3) is 0.682. The van der Waals surface area contributed by atoms with E-state index in [1.54, 1.807) is 20.8 Å². The highest BCUT2D eigenvalue weighted by Crippen LogP contribution is 2.47. The number of hydrogen-bond acceptors (Lipinski definition) is 5. The zero-order chi connectivity index (χ0) is 24.5. The van der Waals surface area contributed by atoms with Crippen molar-refractivity contribution in [2.75, 3.05) is 13.2 Å². The molecule has 1 heterocycles. The molecule has 2 atom stereocenters. The Kier molecular flexibility index (Phi) is 8.13. The average Bonchev–Trinajstić information content (AvgIpc) is 2.83. The lowest BCUT2D eigenvalue weighted by atomic mass is 9.82. The van der Waals surface area contributed by atoms with Crippen LogP contribution in [-0.2, 0) is 11.2 Å². The predicted octanol–water partition coefficient (Wildman–Crippen LogP) is 5.43. The largest absolute Gasteiger partial charge is 0.444 e. The molecule has 1 fully saturated rings. The second-order valence-electron chi connectivity index (χ2n) is 10.0. The van der Waals surface area contributed by atoms with Crippen LogP contribution in [0.4, 0.5) is 18.0 Å². The summed E-state index contributed by atoms with van der Waals surface area (Å²) in [4.78, 5) is 13.9. The van der Waals surface area contributed by atoms with Crippen LogP contribution in [-0.4, -0.2) is 57.1 Å². The third-order valence-electron chi connectivity index (χ3n) is 5.08. The Morgan fingerprint density at radius 1 is 1.31 bits per heavy atom. The monoisotopic (exact) mass is 496 g/mol. The molecule has 0 spiro atoms. The zero-order valence-electron chi connectivity index (χ0n) is 19.3. The van der Waals surface area contributed by atoms with Gasteiger partial charge in [-0.05, 0) is 66.0 Å². The number of amides is 1. The second-order valence-corrected chi connectivity index (χ2v) is 12.0. The quantitative estimate of drug-likeness (QED) is 0.514. The molecule has 1 aromatic rings. The van der Waals surface area contributed by atoms with E-state index >= 15 is 8.78 Å². The lowest BCUT2D eigenvalue weighted by Crippen LogP contribution is -2.62. The van der Waals surface area contributed by atoms with Crippen LogP contribution in [0, 0.1) is 5.82 Å². The summed E-state index contributed by atoms with van der Waals surface area (Å²) >= 11 is 6.99. The van der Waals surface area contributed by atoms with Gasteiger partial charge in [-0.1, -0.05) is 35.7 Å². The number of nitrogens with one attached hydrogen (secondary N) is 1. The Morgan fingerprint density at radius 2 is 1.94 bits per heavy atom. The molecule has 1 aliphatic heterocycles. The van der Waals surface area contributed by atoms with Gasteiger partial charge in [-0.2, -0.15) is 0 Å². The van der Waals surface area contributed by atoms with E-state index in [1.807, 2.05) is 20.8 Å². The number of carbonyl (C=O) groups is 1. The molecule has 2 N–H and O–H groups in total. The zero-order valence-corrected chi connectivity index (χ0v) is 20.8. The maximum absolute atomic E-state index is 15.6. The first-order chi connectivity index (χ1) is 14.5. The molecule has 1 aliphatic rings. The number of aliphatic hydroxyl groups is 1. The van der Waals surface area contributed by atoms with Gasteiger partial charge in [0.1, 0.15) is 17.0 Å². The van der Waals surface area contributed by atoms with Gasteiger partial charge in [0.05, 0.1) is 17.6 Å². The minimum absolute atomic E-state index is 0.0960. The highest BCUT2D eigenvalue weighted by atomic mass is 35.5. The van der Waals surface area contributed by atoms with Crippen LogP contribution < -0.4 is 4.72 Å². The molecule has 0 saturated carbocycles. The summed E-state index contributed by atoms with van der Waals surface area (Å²) in [5, 5.41) is 9.60. The molecule has 1 aromatic carbocycles. The van der Waals surface area contributed by atoms with Crippen molar-refractivity contribution in [3.8, 4) is 0 Å². The number of rotatable bonds is 6. The summed E-state index contributed by atoms with van der Waals surface area (Å²) in [7, 11) is 0. The van der Waals surface area contributed by atoms with E-state index in [4.69, 9.17) is 16.3 Å². The number of aliphatic hydroxyl groups excluding tert-OH is 1. The molecule has 1 amide bonds. The molecule has 0 bridgehead atoms. The van der Waals surface area contributed by atoms with E-state index in [0.717, 1.165) is 16.8 Å². The van der Waals surface area contributed by atoms with Gasteiger partial charge < -0.3 is 9.84 Å². The SMILES string of the molecule is CC(C)(C)OC(=O)N1CC(F)(F)C(CCO)(NSC(C)(C)C)C1Cc1cccc(Cl)c1F. The number of benzene rings is 1. The van der Waals surface area contributed by atoms with Gasteiger partial charge in [0.15, 0.2) is 0 Å². The Labute approximate surface area is 197 Å². The molecule has 2 rings (SSSR count). The van der Waals surface area contributed by atoms with Crippen molar-refractivity contribution >= 4 is 29.6 Å². The van der Waals surface area contributed by atoms with Crippen LogP contribution >= 0.6 is 23.5 Å². The first-order valence-electron chi connectivity index (χ1n) is 10.4. The normalized spacial score (nSPS) is 23.5. The molecule has 10 heteroatoms. The molecule has 32 heavy (non-hydrogen) atoms. The van der Waals surface area contributed by atoms with Gasteiger partial charge in [0, 0.05) is 11.4 Å². The number of nitrogens with zero attached hydrogens (tertiary/aromatic N) is 1. The van der Waals surface area contributed by atoms with Gasteiger partial charge in [-0.15, -0.1) is 0 Å². The summed E-state index contributed by atoms with van der Waals surface area (Å²) in [6.45, 7) is 8.99. The molecular weight excluding hydrogens is 465 g/mol. The minimum Gasteiger partial charge on any atom is -0.444 e. The summed E-state index contributed by atoms with van der Waals surface area (Å²) in [6.07, 6.45) is -1.51. The van der Waals surface area contributed by atoms with E-state index in [0.29, 0.717) is 0 Å². The molecule has 182 valence electrons. The molecule has 5 nitrogen and oxygen atoms in total. The highest BCUT2D eigenvalue weighted by Gasteiger charge is 2.67. The van der Waals surface area contributed by atoms with Crippen LogP contribution in [0.1, 0.15) is 53.5 Å². The summed E-state index contributed by atoms with van der Waals surface area (Å²) < 4.78 is 53.9. The van der Waals surface area contributed by atoms with Crippen molar-refractivity contribution < 1.29 is 27.8 Å². The van der Waals surface area contributed by atoms with Crippen molar-refractivity contribution in [3.63, 3.8) is 0 Å². The number of hydrogen-bond donors (Lipinski definition) is 2. The maximum atomic E-state index is 15.6. The van der Waals surface area contributed by atoms with Crippen LogP contribution in [0.5, 0.6) is 0 Å². The first kappa shape index (κ1) is 27.1. The van der Waals surface area contributed by atoms with Crippen molar-refractivity contribution in [3.05, 3.63) is 34.6 Å². The molecule has 0 aromatic heterocycles. The Morgan fingerprint density at radius 3 is 2.47 bits per heavy atom. The topological polar surface area (TPSA) is 61.8 Å². The highest BCUT2D eigenvalue weighted by molar-refractivity contribution is 7.98. The Balaban J connectivity index is 2.59. The number of ether oxygens (including phenoxy) is 1. The number of carbonyl (C=O) groups excluding carboxylic acids is 1. The summed E-state index contributed by atoms with van der Waals surface area (Å²) in [6, 6.07) is 3.13. The fourth-order valence-corrected chi connectivity index (χ4v) is 4.72. The van der Waals surface area contributed by atoms with E-state index < -0.39 is 52.9 Å². The van der Waals surface area contributed by atoms with E-state index in [-0.39, 0.29) is 23.4 Å². The number of alkyl halides is 2. The standard InChI is InChI=1S/C22H32ClF3N2O3S/c1-19(2,3)31-18(30)28-13-22(25,26)21(10-11-29,27-32-20(4,5)6)16(28)12-14-8-7-9-15(23)17(14)24/h7-9,16,27,29H,10-13H2,1-6H3. The van der Waals surface area contributed by atoms with E-state index in [9.17, 15) is 14.3 Å². The molecule has 2 unspecified atom stereocenters. The Hall–Kier alpha value is -1.16. The van der Waals surface area contributed by atoms with Crippen LogP contribution in [0.25, 0.3) is 0 Å². The summed E-state index contributed by atoms with van der Waals surface area (Å²) in [5.41, 5.74) is -2.84. The first-order valence-corrected chi connectivity index (χ1v) is 11.6. The van der Waals surface area contributed by atoms with Crippen LogP contribution in [0.3, 0.4) is 0 Å². The second kappa shape index (κ2) is 9.60. The Bertz CT molecular complexity index is 830. The van der Waals surface area contributed by atoms with E-state index in [1.165, 1.54) is 18.2 Å². The van der Waals surface area contributed by atoms with Gasteiger partial charge >= 0.3 is 6.09 Å². The maximum Gasteiger partial charge on any atom is 0.410 e. The number of halogens is 4. The average molecular weight is 497 g/mol. The van der Waals surface area contributed by atoms with Gasteiger partial charge in [-0.3, -0.25) is 4.90 Å². The smallest absolute Gasteiger partial charge is 0.410 e. The fourth-order valence-electron chi connectivity index (χ4n) is 3.65. The van der Waals surface area contributed by atoms with Gasteiger partial charge in [-0.25, -0.2) is 22.7 Å². The molecule has 0 radical (unpaired) electrons. The van der Waals surface area contributed by atoms with Gasteiger partial charge in [0.2, 0.25) is 0 Å². The molecule has 0 aliphatic carbocycles. The minimum atomic E-state index is -3.43. The third kappa shape index (κ3) is 6.04. The van der Waals surface area contributed by atoms with Crippen molar-refractivity contribution in [1.82, 2.24) is 9.62 Å².